The van der Waals surface area contributed by atoms with Gasteiger partial charge < -0.3 is 25.1 Å². The summed E-state index contributed by atoms with van der Waals surface area (Å²) in [6.07, 6.45) is -1.59. The van der Waals surface area contributed by atoms with Crippen LogP contribution in [0.2, 0.25) is 0 Å². The Kier molecular flexibility index (Phi) is 4.51. The minimum atomic E-state index is -3.70. The van der Waals surface area contributed by atoms with Gasteiger partial charge in [-0.2, -0.15) is 0 Å². The molecule has 1 atom stereocenters. The lowest BCUT2D eigenvalue weighted by atomic mass is 9.86. The maximum Gasteiger partial charge on any atom is 0.586 e. The van der Waals surface area contributed by atoms with E-state index in [1.54, 1.807) is 18.3 Å². The molecule has 1 unspecified atom stereocenters. The summed E-state index contributed by atoms with van der Waals surface area (Å²) in [6, 6.07) is 11.0. The van der Waals surface area contributed by atoms with Crippen LogP contribution in [0.4, 0.5) is 22.4 Å². The Morgan fingerprint density at radius 3 is 2.49 bits per heavy atom. The maximum absolute atomic E-state index is 14.0. The summed E-state index contributed by atoms with van der Waals surface area (Å²) in [7, 11) is 0. The number of ether oxygens (including phenoxy) is 2. The number of nitrogens with two attached hydrogens (primary N) is 1. The zero-order valence-electron chi connectivity index (χ0n) is 17.9. The van der Waals surface area contributed by atoms with Crippen molar-refractivity contribution in [2.45, 2.75) is 18.8 Å². The topological polar surface area (TPSA) is 80.6 Å². The van der Waals surface area contributed by atoms with Crippen LogP contribution in [0.1, 0.15) is 22.7 Å². The van der Waals surface area contributed by atoms with Gasteiger partial charge in [-0.25, -0.2) is 13.6 Å². The third-order valence-corrected chi connectivity index (χ3v) is 6.44. The number of fused-ring (bicyclic) bond motifs is 3. The summed E-state index contributed by atoms with van der Waals surface area (Å²) in [5.74, 6) is -2.08. The fraction of sp³-hybridized carbons (Fsp3) is 0.160. The van der Waals surface area contributed by atoms with Crippen molar-refractivity contribution in [2.24, 2.45) is 5.73 Å². The predicted molar refractivity (Wildman–Crippen MR) is 118 cm³/mol. The number of aromatic nitrogens is 1. The minimum Gasteiger partial charge on any atom is -0.395 e. The van der Waals surface area contributed by atoms with E-state index < -0.39 is 30.0 Å². The van der Waals surface area contributed by atoms with Crippen molar-refractivity contribution in [3.05, 3.63) is 83.1 Å². The summed E-state index contributed by atoms with van der Waals surface area (Å²) in [4.78, 5) is 16.7. The first-order chi connectivity index (χ1) is 16.7. The van der Waals surface area contributed by atoms with E-state index in [0.29, 0.717) is 35.0 Å². The van der Waals surface area contributed by atoms with Gasteiger partial charge >= 0.3 is 12.3 Å². The number of nitrogens with zero attached hydrogens (tertiary/aromatic N) is 1. The first-order valence-electron chi connectivity index (χ1n) is 10.8. The average molecular weight is 483 g/mol. The van der Waals surface area contributed by atoms with E-state index in [9.17, 15) is 22.4 Å². The molecule has 6 nitrogen and oxygen atoms in total. The van der Waals surface area contributed by atoms with Gasteiger partial charge in [0.15, 0.2) is 23.1 Å². The summed E-state index contributed by atoms with van der Waals surface area (Å²) >= 11 is 0. The summed E-state index contributed by atoms with van der Waals surface area (Å²) in [5, 5.41) is 0.439. The first kappa shape index (κ1) is 21.3. The smallest absolute Gasteiger partial charge is 0.395 e. The fourth-order valence-corrected chi connectivity index (χ4v) is 4.87. The molecule has 3 N–H and O–H groups in total. The van der Waals surface area contributed by atoms with Crippen LogP contribution in [0.25, 0.3) is 22.0 Å². The molecule has 4 aromatic rings. The molecule has 2 aliphatic rings. The van der Waals surface area contributed by atoms with E-state index in [1.807, 2.05) is 12.1 Å². The van der Waals surface area contributed by atoms with Gasteiger partial charge in [0.1, 0.15) is 0 Å². The molecule has 0 radical (unpaired) electrons. The van der Waals surface area contributed by atoms with Gasteiger partial charge in [0.2, 0.25) is 0 Å². The van der Waals surface area contributed by atoms with Crippen molar-refractivity contribution >= 4 is 16.9 Å². The number of alkyl halides is 2. The largest absolute Gasteiger partial charge is 0.586 e. The van der Waals surface area contributed by atoms with Crippen molar-refractivity contribution < 1.29 is 31.8 Å². The van der Waals surface area contributed by atoms with Gasteiger partial charge in [0.25, 0.3) is 0 Å². The lowest BCUT2D eigenvalue weighted by Gasteiger charge is -2.36. The van der Waals surface area contributed by atoms with Crippen molar-refractivity contribution in [2.75, 3.05) is 6.54 Å². The second kappa shape index (κ2) is 7.39. The number of amides is 2. The summed E-state index contributed by atoms with van der Waals surface area (Å²) in [6.45, 7) is 0.306. The standard InChI is InChI=1S/C25H17F4N3O3/c26-18-9-16-17(11-31-20(16)10-19(18)27)23-15-3-1-12(7-14(15)5-6-32(23)24(30)33)13-2-4-21-22(8-13)35-25(28,29)34-21/h1-4,7-11,23,31H,5-6H2,(H2,30,33). The third-order valence-electron chi connectivity index (χ3n) is 6.44. The van der Waals surface area contributed by atoms with Crippen molar-refractivity contribution in [3.63, 3.8) is 0 Å². The minimum absolute atomic E-state index is 0.0446. The number of nitrogens with one attached hydrogen (secondary N) is 1. The molecule has 35 heavy (non-hydrogen) atoms. The van der Waals surface area contributed by atoms with Gasteiger partial charge in [0.05, 0.1) is 6.04 Å². The number of H-pyrrole nitrogens is 1. The van der Waals surface area contributed by atoms with Crippen molar-refractivity contribution in [1.82, 2.24) is 9.88 Å². The van der Waals surface area contributed by atoms with Gasteiger partial charge in [-0.05, 0) is 46.9 Å². The Balaban J connectivity index is 1.44. The van der Waals surface area contributed by atoms with Crippen molar-refractivity contribution in [3.8, 4) is 22.6 Å². The monoisotopic (exact) mass is 483 g/mol. The quantitative estimate of drug-likeness (QED) is 0.372. The molecule has 0 saturated heterocycles. The zero-order valence-corrected chi connectivity index (χ0v) is 17.9. The second-order valence-corrected chi connectivity index (χ2v) is 8.48. The van der Waals surface area contributed by atoms with Crippen LogP contribution in [0, 0.1) is 11.6 Å². The highest BCUT2D eigenvalue weighted by molar-refractivity contribution is 5.86. The van der Waals surface area contributed by atoms with Gasteiger partial charge in [-0.1, -0.05) is 24.3 Å². The summed E-state index contributed by atoms with van der Waals surface area (Å²) in [5.41, 5.74) is 9.72. The van der Waals surface area contributed by atoms with Crippen LogP contribution >= 0.6 is 0 Å². The first-order valence-corrected chi connectivity index (χ1v) is 10.8. The number of carbonyl (C=O) groups excluding carboxylic acids is 1. The van der Waals surface area contributed by atoms with E-state index >= 15 is 0 Å². The molecule has 10 heteroatoms. The molecule has 2 aliphatic heterocycles. The molecule has 0 saturated carbocycles. The maximum atomic E-state index is 14.0. The fourth-order valence-electron chi connectivity index (χ4n) is 4.87. The van der Waals surface area contributed by atoms with Crippen LogP contribution in [0.3, 0.4) is 0 Å². The lowest BCUT2D eigenvalue weighted by Crippen LogP contribution is -2.43. The molecular formula is C25H17F4N3O3. The van der Waals surface area contributed by atoms with Crippen LogP contribution in [0.15, 0.2) is 54.7 Å². The normalized spacial score (nSPS) is 18.1. The van der Waals surface area contributed by atoms with Crippen LogP contribution in [-0.4, -0.2) is 28.8 Å². The predicted octanol–water partition coefficient (Wildman–Crippen LogP) is 5.46. The van der Waals surface area contributed by atoms with E-state index in [4.69, 9.17) is 5.73 Å². The molecule has 2 amide bonds. The van der Waals surface area contributed by atoms with E-state index in [2.05, 4.69) is 14.5 Å². The molecule has 0 spiro atoms. The molecule has 0 fully saturated rings. The SMILES string of the molecule is NC(=O)N1CCc2cc(-c3ccc4c(c3)OC(F)(F)O4)ccc2C1c1c[nH]c2cc(F)c(F)cc12. The van der Waals surface area contributed by atoms with E-state index in [1.165, 1.54) is 17.0 Å². The van der Waals surface area contributed by atoms with Crippen LogP contribution in [-0.2, 0) is 6.42 Å². The van der Waals surface area contributed by atoms with Gasteiger partial charge in [0, 0.05) is 35.3 Å². The molecule has 0 aliphatic carbocycles. The van der Waals surface area contributed by atoms with Crippen LogP contribution < -0.4 is 15.2 Å². The molecule has 6 rings (SSSR count). The van der Waals surface area contributed by atoms with Gasteiger partial charge in [-0.3, -0.25) is 0 Å². The van der Waals surface area contributed by atoms with Gasteiger partial charge in [-0.15, -0.1) is 8.78 Å². The van der Waals surface area contributed by atoms with Crippen LogP contribution in [0.5, 0.6) is 11.5 Å². The highest BCUT2D eigenvalue weighted by atomic mass is 19.3. The molecular weight excluding hydrogens is 466 g/mol. The number of urea groups is 1. The number of hydrogen-bond donors (Lipinski definition) is 2. The second-order valence-electron chi connectivity index (χ2n) is 8.48. The van der Waals surface area contributed by atoms with Crippen molar-refractivity contribution in [1.29, 1.82) is 0 Å². The Bertz CT molecular complexity index is 1520. The zero-order chi connectivity index (χ0) is 24.5. The lowest BCUT2D eigenvalue weighted by molar-refractivity contribution is -0.286. The highest BCUT2D eigenvalue weighted by Crippen LogP contribution is 2.44. The number of hydrogen-bond acceptors (Lipinski definition) is 3. The molecule has 1 aromatic heterocycles. The Labute approximate surface area is 195 Å². The highest BCUT2D eigenvalue weighted by Gasteiger charge is 2.43. The summed E-state index contributed by atoms with van der Waals surface area (Å²) < 4.78 is 63.6. The average Bonchev–Trinajstić information content (AvgIpc) is 3.35. The number of aromatic amines is 1. The molecule has 3 aromatic carbocycles. The Morgan fingerprint density at radius 1 is 0.971 bits per heavy atom. The number of carbonyl (C=O) groups is 1. The number of halogens is 4. The Morgan fingerprint density at radius 2 is 1.69 bits per heavy atom. The number of primary amides is 1. The van der Waals surface area contributed by atoms with E-state index in [-0.39, 0.29) is 11.5 Å². The van der Waals surface area contributed by atoms with E-state index in [0.717, 1.165) is 28.8 Å². The third kappa shape index (κ3) is 3.44. The Hall–Kier alpha value is -4.21. The number of benzene rings is 3. The molecule has 178 valence electrons. The number of rotatable bonds is 2. The molecule has 0 bridgehead atoms. The molecule has 3 heterocycles.